The topological polar surface area (TPSA) is 20.2 Å². The highest BCUT2D eigenvalue weighted by Gasteiger charge is 2.28. The average molecular weight is 555 g/mol. The van der Waals surface area contributed by atoms with Crippen LogP contribution in [0.1, 0.15) is 107 Å². The lowest BCUT2D eigenvalue weighted by molar-refractivity contribution is -0.966. The quantitative estimate of drug-likeness (QED) is 0.0744. The van der Waals surface area contributed by atoms with Crippen LogP contribution in [-0.4, -0.2) is 22.2 Å². The molecule has 0 heterocycles. The van der Waals surface area contributed by atoms with Gasteiger partial charge in [-0.3, -0.25) is 0 Å². The van der Waals surface area contributed by atoms with Crippen LogP contribution in [0.4, 0.5) is 0 Å². The van der Waals surface area contributed by atoms with Crippen LogP contribution in [0.3, 0.4) is 0 Å². The zero-order chi connectivity index (χ0) is 28.9. The standard InChI is InChI=1S/C39H56NO/c1-2-3-4-21-30-39(41)31-22-10-8-6-5-7-9-11-23-32-40(33-36-24-15-12-16-25-36,34-37-26-17-13-18-27-37)35-38-28-19-14-20-29-38/h10,12-20,22,24-29,39,41H,2-9,11,21,23,30-35H2,1H3/q+1/t39-/m1/s1. The molecule has 3 rings (SSSR count). The first-order valence-corrected chi connectivity index (χ1v) is 16.5. The fourth-order valence-electron chi connectivity index (χ4n) is 6.03. The van der Waals surface area contributed by atoms with Crippen molar-refractivity contribution in [3.05, 3.63) is 120 Å². The van der Waals surface area contributed by atoms with Crippen molar-refractivity contribution in [1.82, 2.24) is 0 Å². The van der Waals surface area contributed by atoms with Gasteiger partial charge >= 0.3 is 0 Å². The second-order valence-corrected chi connectivity index (χ2v) is 12.1. The van der Waals surface area contributed by atoms with E-state index in [2.05, 4.69) is 110 Å². The Labute approximate surface area is 251 Å². The first-order chi connectivity index (χ1) is 20.2. The molecule has 41 heavy (non-hydrogen) atoms. The third-order valence-electron chi connectivity index (χ3n) is 8.30. The zero-order valence-corrected chi connectivity index (χ0v) is 25.8. The normalized spacial score (nSPS) is 12.6. The third-order valence-corrected chi connectivity index (χ3v) is 8.30. The van der Waals surface area contributed by atoms with Crippen molar-refractivity contribution in [2.45, 2.75) is 116 Å². The lowest BCUT2D eigenvalue weighted by Crippen LogP contribution is -2.46. The summed E-state index contributed by atoms with van der Waals surface area (Å²) < 4.78 is 1.06. The van der Waals surface area contributed by atoms with Gasteiger partial charge in [-0.2, -0.15) is 0 Å². The molecule has 2 heteroatoms. The van der Waals surface area contributed by atoms with Crippen LogP contribution < -0.4 is 0 Å². The van der Waals surface area contributed by atoms with Crippen LogP contribution in [0, 0.1) is 0 Å². The average Bonchev–Trinajstić information content (AvgIpc) is 2.99. The van der Waals surface area contributed by atoms with Gasteiger partial charge in [-0.15, -0.1) is 0 Å². The highest BCUT2D eigenvalue weighted by atomic mass is 16.3. The molecule has 0 bridgehead atoms. The van der Waals surface area contributed by atoms with Crippen LogP contribution in [0.2, 0.25) is 0 Å². The van der Waals surface area contributed by atoms with E-state index in [-0.39, 0.29) is 6.10 Å². The summed E-state index contributed by atoms with van der Waals surface area (Å²) in [5, 5.41) is 10.1. The Bertz CT molecular complexity index is 945. The molecule has 0 aliphatic rings. The van der Waals surface area contributed by atoms with Crippen LogP contribution in [-0.2, 0) is 19.6 Å². The van der Waals surface area contributed by atoms with Gasteiger partial charge in [0.1, 0.15) is 19.6 Å². The summed E-state index contributed by atoms with van der Waals surface area (Å²) in [6.07, 6.45) is 20.0. The molecule has 3 aromatic rings. The minimum Gasteiger partial charge on any atom is -0.393 e. The van der Waals surface area contributed by atoms with E-state index in [1.807, 2.05) is 0 Å². The largest absolute Gasteiger partial charge is 0.393 e. The third kappa shape index (κ3) is 14.2. The first-order valence-electron chi connectivity index (χ1n) is 16.5. The van der Waals surface area contributed by atoms with Crippen LogP contribution in [0.5, 0.6) is 0 Å². The molecule has 0 aliphatic carbocycles. The summed E-state index contributed by atoms with van der Waals surface area (Å²) in [7, 11) is 0. The molecular weight excluding hydrogens is 498 g/mol. The van der Waals surface area contributed by atoms with Crippen LogP contribution >= 0.6 is 0 Å². The molecule has 222 valence electrons. The highest BCUT2D eigenvalue weighted by Crippen LogP contribution is 2.26. The molecule has 0 saturated carbocycles. The first kappa shape index (κ1) is 32.8. The maximum absolute atomic E-state index is 10.1. The Morgan fingerprint density at radius 3 is 1.54 bits per heavy atom. The molecule has 0 aliphatic heterocycles. The van der Waals surface area contributed by atoms with Crippen molar-refractivity contribution in [3.8, 4) is 0 Å². The van der Waals surface area contributed by atoms with Gasteiger partial charge in [-0.05, 0) is 38.5 Å². The Morgan fingerprint density at radius 2 is 1.02 bits per heavy atom. The van der Waals surface area contributed by atoms with E-state index in [9.17, 15) is 5.11 Å². The number of hydrogen-bond donors (Lipinski definition) is 1. The molecule has 0 amide bonds. The lowest BCUT2D eigenvalue weighted by atomic mass is 10.0. The van der Waals surface area contributed by atoms with Gasteiger partial charge in [0.15, 0.2) is 0 Å². The number of aliphatic hydroxyl groups is 1. The van der Waals surface area contributed by atoms with E-state index in [1.165, 1.54) is 81.0 Å². The fourth-order valence-corrected chi connectivity index (χ4v) is 6.03. The van der Waals surface area contributed by atoms with E-state index < -0.39 is 0 Å². The zero-order valence-electron chi connectivity index (χ0n) is 25.8. The Balaban J connectivity index is 1.45. The molecule has 0 aromatic heterocycles. The summed E-state index contributed by atoms with van der Waals surface area (Å²) in [6, 6.07) is 33.3. The number of allylic oxidation sites excluding steroid dienone is 1. The molecule has 2 nitrogen and oxygen atoms in total. The molecule has 0 unspecified atom stereocenters. The second kappa shape index (κ2) is 20.2. The van der Waals surface area contributed by atoms with Gasteiger partial charge in [0, 0.05) is 16.7 Å². The van der Waals surface area contributed by atoms with Crippen molar-refractivity contribution < 1.29 is 9.59 Å². The molecule has 0 radical (unpaired) electrons. The van der Waals surface area contributed by atoms with Crippen molar-refractivity contribution in [2.24, 2.45) is 0 Å². The molecule has 1 N–H and O–H groups in total. The van der Waals surface area contributed by atoms with E-state index >= 15 is 0 Å². The number of unbranched alkanes of at least 4 members (excludes halogenated alkanes) is 9. The summed E-state index contributed by atoms with van der Waals surface area (Å²) in [4.78, 5) is 0. The highest BCUT2D eigenvalue weighted by molar-refractivity contribution is 5.17. The number of quaternary nitrogens is 1. The number of benzene rings is 3. The predicted molar refractivity (Wildman–Crippen MR) is 176 cm³/mol. The number of nitrogens with zero attached hydrogens (tertiary/aromatic N) is 1. The van der Waals surface area contributed by atoms with Gasteiger partial charge in [0.25, 0.3) is 0 Å². The van der Waals surface area contributed by atoms with Gasteiger partial charge in [0.05, 0.1) is 12.6 Å². The molecule has 1 atom stereocenters. The molecule has 0 fully saturated rings. The fraction of sp³-hybridized carbons (Fsp3) is 0.487. The minimum absolute atomic E-state index is 0.153. The Kier molecular flexibility index (Phi) is 16.2. The molecule has 0 saturated heterocycles. The van der Waals surface area contributed by atoms with Crippen LogP contribution in [0.15, 0.2) is 103 Å². The number of hydrogen-bond acceptors (Lipinski definition) is 1. The Hall–Kier alpha value is -2.68. The minimum atomic E-state index is -0.153. The SMILES string of the molecule is CCCCCC[C@@H](O)CC=CCCCCCCCC[N+](Cc1ccccc1)(Cc1ccccc1)Cc1ccccc1. The predicted octanol–water partition coefficient (Wildman–Crippen LogP) is 10.4. The lowest BCUT2D eigenvalue weighted by Gasteiger charge is -2.39. The summed E-state index contributed by atoms with van der Waals surface area (Å²) in [5.74, 6) is 0. The number of aliphatic hydroxyl groups excluding tert-OH is 1. The van der Waals surface area contributed by atoms with E-state index in [0.717, 1.165) is 49.8 Å². The molecule has 0 spiro atoms. The van der Waals surface area contributed by atoms with Gasteiger partial charge < -0.3 is 9.59 Å². The van der Waals surface area contributed by atoms with Gasteiger partial charge in [-0.1, -0.05) is 155 Å². The maximum atomic E-state index is 10.1. The monoisotopic (exact) mass is 554 g/mol. The van der Waals surface area contributed by atoms with Crippen molar-refractivity contribution in [3.63, 3.8) is 0 Å². The smallest absolute Gasteiger partial charge is 0.105 e. The molecule has 3 aromatic carbocycles. The molecular formula is C39H56NO+. The van der Waals surface area contributed by atoms with Crippen molar-refractivity contribution >= 4 is 0 Å². The maximum Gasteiger partial charge on any atom is 0.105 e. The van der Waals surface area contributed by atoms with E-state index in [4.69, 9.17) is 0 Å². The van der Waals surface area contributed by atoms with Crippen LogP contribution in [0.25, 0.3) is 0 Å². The van der Waals surface area contributed by atoms with Crippen molar-refractivity contribution in [1.29, 1.82) is 0 Å². The second-order valence-electron chi connectivity index (χ2n) is 12.1. The summed E-state index contributed by atoms with van der Waals surface area (Å²) in [5.41, 5.74) is 4.28. The van der Waals surface area contributed by atoms with E-state index in [1.54, 1.807) is 0 Å². The van der Waals surface area contributed by atoms with Crippen molar-refractivity contribution in [2.75, 3.05) is 6.54 Å². The van der Waals surface area contributed by atoms with Gasteiger partial charge in [-0.25, -0.2) is 0 Å². The van der Waals surface area contributed by atoms with E-state index in [0.29, 0.717) is 0 Å². The summed E-state index contributed by atoms with van der Waals surface area (Å²) in [6.45, 7) is 6.61. The number of rotatable bonds is 22. The summed E-state index contributed by atoms with van der Waals surface area (Å²) >= 11 is 0. The Morgan fingerprint density at radius 1 is 0.561 bits per heavy atom. The van der Waals surface area contributed by atoms with Gasteiger partial charge in [0.2, 0.25) is 0 Å².